The Morgan fingerprint density at radius 2 is 1.58 bits per heavy atom. The van der Waals surface area contributed by atoms with Crippen molar-refractivity contribution in [3.05, 3.63) is 35.4 Å². The van der Waals surface area contributed by atoms with Crippen molar-refractivity contribution in [2.24, 2.45) is 0 Å². The third-order valence-corrected chi connectivity index (χ3v) is 4.93. The van der Waals surface area contributed by atoms with Crippen LogP contribution < -0.4 is 5.32 Å². The van der Waals surface area contributed by atoms with Crippen LogP contribution in [0.25, 0.3) is 0 Å². The number of likely N-dealkylation sites (tertiary alicyclic amines) is 1. The zero-order chi connectivity index (χ0) is 16.6. The van der Waals surface area contributed by atoms with Gasteiger partial charge < -0.3 is 19.7 Å². The van der Waals surface area contributed by atoms with Crippen LogP contribution >= 0.6 is 0 Å². The lowest BCUT2D eigenvalue weighted by atomic mass is 10.0. The van der Waals surface area contributed by atoms with Gasteiger partial charge in [-0.05, 0) is 37.1 Å². The highest BCUT2D eigenvalue weighted by Gasteiger charge is 2.40. The predicted octanol–water partition coefficient (Wildman–Crippen LogP) is 1.56. The molecule has 2 saturated heterocycles. The second-order valence-corrected chi connectivity index (χ2v) is 6.72. The Morgan fingerprint density at radius 3 is 2.17 bits per heavy atom. The molecular weight excluding hydrogens is 308 g/mol. The fraction of sp³-hybridized carbons (Fsp3) is 0.556. The minimum absolute atomic E-state index is 0.00278. The number of ether oxygens (including phenoxy) is 2. The van der Waals surface area contributed by atoms with Crippen molar-refractivity contribution in [2.75, 3.05) is 26.3 Å². The molecule has 6 nitrogen and oxygen atoms in total. The molecule has 0 bridgehead atoms. The quantitative estimate of drug-likeness (QED) is 0.913. The van der Waals surface area contributed by atoms with Crippen LogP contribution in [0.3, 0.4) is 0 Å². The van der Waals surface area contributed by atoms with Crippen molar-refractivity contribution in [3.63, 3.8) is 0 Å². The lowest BCUT2D eigenvalue weighted by Crippen LogP contribution is -2.47. The summed E-state index contributed by atoms with van der Waals surface area (Å²) in [6.07, 6.45) is 3.54. The Hall–Kier alpha value is -1.92. The van der Waals surface area contributed by atoms with E-state index in [0.29, 0.717) is 56.3 Å². The molecule has 2 heterocycles. The minimum atomic E-state index is -0.471. The molecule has 0 radical (unpaired) electrons. The van der Waals surface area contributed by atoms with Crippen LogP contribution in [-0.2, 0) is 9.47 Å². The summed E-state index contributed by atoms with van der Waals surface area (Å²) in [6.45, 7) is 2.53. The second kappa shape index (κ2) is 6.18. The first-order valence-corrected chi connectivity index (χ1v) is 8.63. The van der Waals surface area contributed by atoms with Crippen molar-refractivity contribution in [1.29, 1.82) is 0 Å². The molecule has 1 aromatic carbocycles. The number of rotatable bonds is 3. The van der Waals surface area contributed by atoms with Gasteiger partial charge in [0.25, 0.3) is 11.8 Å². The number of carbonyl (C=O) groups excluding carboxylic acids is 2. The summed E-state index contributed by atoms with van der Waals surface area (Å²) in [5, 5.41) is 2.95. The topological polar surface area (TPSA) is 67.9 Å². The molecule has 0 atom stereocenters. The Balaban J connectivity index is 1.36. The van der Waals surface area contributed by atoms with Crippen LogP contribution in [0.1, 0.15) is 46.4 Å². The Bertz CT molecular complexity index is 623. The van der Waals surface area contributed by atoms with Gasteiger partial charge in [0.1, 0.15) is 0 Å². The zero-order valence-corrected chi connectivity index (χ0v) is 13.6. The van der Waals surface area contributed by atoms with Crippen LogP contribution in [-0.4, -0.2) is 54.8 Å². The van der Waals surface area contributed by atoms with Gasteiger partial charge in [-0.3, -0.25) is 9.59 Å². The van der Waals surface area contributed by atoms with Crippen molar-refractivity contribution >= 4 is 11.8 Å². The first-order valence-electron chi connectivity index (χ1n) is 8.63. The van der Waals surface area contributed by atoms with Crippen LogP contribution in [0.15, 0.2) is 24.3 Å². The van der Waals surface area contributed by atoms with Gasteiger partial charge in [-0.1, -0.05) is 0 Å². The van der Waals surface area contributed by atoms with Crippen LogP contribution in [0.2, 0.25) is 0 Å². The van der Waals surface area contributed by atoms with Gasteiger partial charge in [-0.2, -0.15) is 0 Å². The monoisotopic (exact) mass is 330 g/mol. The largest absolute Gasteiger partial charge is 0.349 e. The van der Waals surface area contributed by atoms with E-state index in [2.05, 4.69) is 5.32 Å². The molecule has 2 amide bonds. The predicted molar refractivity (Wildman–Crippen MR) is 86.7 cm³/mol. The van der Waals surface area contributed by atoms with Crippen molar-refractivity contribution < 1.29 is 19.1 Å². The summed E-state index contributed by atoms with van der Waals surface area (Å²) in [5.41, 5.74) is 1.21. The number of amides is 2. The number of piperidine rings is 1. The molecule has 2 aliphatic heterocycles. The van der Waals surface area contributed by atoms with Crippen LogP contribution in [0, 0.1) is 0 Å². The molecule has 1 spiro atoms. The first kappa shape index (κ1) is 15.6. The Labute approximate surface area is 141 Å². The lowest BCUT2D eigenvalue weighted by molar-refractivity contribution is -0.181. The van der Waals surface area contributed by atoms with Crippen molar-refractivity contribution in [1.82, 2.24) is 10.2 Å². The molecule has 0 aromatic heterocycles. The molecule has 1 saturated carbocycles. The van der Waals surface area contributed by atoms with Gasteiger partial charge in [0.05, 0.1) is 13.2 Å². The third kappa shape index (κ3) is 3.16. The lowest BCUT2D eigenvalue weighted by Gasteiger charge is -2.37. The number of carbonyl (C=O) groups is 2. The van der Waals surface area contributed by atoms with E-state index in [-0.39, 0.29) is 11.8 Å². The molecule has 3 aliphatic rings. The van der Waals surface area contributed by atoms with Gasteiger partial charge in [0.15, 0.2) is 5.79 Å². The van der Waals surface area contributed by atoms with E-state index >= 15 is 0 Å². The number of nitrogens with one attached hydrogen (secondary N) is 1. The molecule has 128 valence electrons. The molecule has 4 rings (SSSR count). The first-order chi connectivity index (χ1) is 11.7. The molecule has 3 fully saturated rings. The number of hydrogen-bond acceptors (Lipinski definition) is 4. The van der Waals surface area contributed by atoms with Gasteiger partial charge in [0, 0.05) is 43.1 Å². The molecule has 6 heteroatoms. The third-order valence-electron chi connectivity index (χ3n) is 4.93. The molecule has 24 heavy (non-hydrogen) atoms. The van der Waals surface area contributed by atoms with E-state index in [1.165, 1.54) is 0 Å². The average molecular weight is 330 g/mol. The maximum atomic E-state index is 12.6. The summed E-state index contributed by atoms with van der Waals surface area (Å²) in [7, 11) is 0. The van der Waals surface area contributed by atoms with E-state index in [0.717, 1.165) is 12.8 Å². The number of nitrogens with zero attached hydrogens (tertiary/aromatic N) is 1. The fourth-order valence-electron chi connectivity index (χ4n) is 3.28. The van der Waals surface area contributed by atoms with Gasteiger partial charge in [-0.25, -0.2) is 0 Å². The average Bonchev–Trinajstić information content (AvgIpc) is 3.32. The summed E-state index contributed by atoms with van der Waals surface area (Å²) in [4.78, 5) is 26.4. The SMILES string of the molecule is O=C(NC1CC1)c1ccc(C(=O)N2CCC3(CC2)OCCO3)cc1. The van der Waals surface area contributed by atoms with Crippen LogP contribution in [0.5, 0.6) is 0 Å². The number of hydrogen-bond donors (Lipinski definition) is 1. The van der Waals surface area contributed by atoms with Crippen molar-refractivity contribution in [3.8, 4) is 0 Å². The Morgan fingerprint density at radius 1 is 1.00 bits per heavy atom. The van der Waals surface area contributed by atoms with E-state index in [9.17, 15) is 9.59 Å². The summed E-state index contributed by atoms with van der Waals surface area (Å²) in [6, 6.07) is 7.24. The molecule has 1 aromatic rings. The fourth-order valence-corrected chi connectivity index (χ4v) is 3.28. The summed E-state index contributed by atoms with van der Waals surface area (Å²) < 4.78 is 11.4. The van der Waals surface area contributed by atoms with Gasteiger partial charge in [-0.15, -0.1) is 0 Å². The van der Waals surface area contributed by atoms with Crippen LogP contribution in [0.4, 0.5) is 0 Å². The molecule has 1 aliphatic carbocycles. The smallest absolute Gasteiger partial charge is 0.253 e. The van der Waals surface area contributed by atoms with E-state index < -0.39 is 5.79 Å². The molecule has 1 N–H and O–H groups in total. The maximum Gasteiger partial charge on any atom is 0.253 e. The van der Waals surface area contributed by atoms with E-state index in [1.807, 2.05) is 4.90 Å². The highest BCUT2D eigenvalue weighted by atomic mass is 16.7. The highest BCUT2D eigenvalue weighted by Crippen LogP contribution is 2.31. The summed E-state index contributed by atoms with van der Waals surface area (Å²) in [5.74, 6) is -0.536. The van der Waals surface area contributed by atoms with E-state index in [1.54, 1.807) is 24.3 Å². The molecular formula is C18H22N2O4. The van der Waals surface area contributed by atoms with E-state index in [4.69, 9.17) is 9.47 Å². The zero-order valence-electron chi connectivity index (χ0n) is 13.6. The number of benzene rings is 1. The Kier molecular flexibility index (Phi) is 4.02. The van der Waals surface area contributed by atoms with Crippen molar-refractivity contribution in [2.45, 2.75) is 37.5 Å². The second-order valence-electron chi connectivity index (χ2n) is 6.72. The standard InChI is InChI=1S/C18H22N2O4/c21-16(19-15-5-6-15)13-1-3-14(4-2-13)17(22)20-9-7-18(8-10-20)23-11-12-24-18/h1-4,15H,5-12H2,(H,19,21). The highest BCUT2D eigenvalue weighted by molar-refractivity contribution is 5.98. The molecule has 0 unspecified atom stereocenters. The summed E-state index contributed by atoms with van der Waals surface area (Å²) >= 11 is 0. The van der Waals surface area contributed by atoms with Gasteiger partial charge >= 0.3 is 0 Å². The normalized spacial score (nSPS) is 22.6. The minimum Gasteiger partial charge on any atom is -0.349 e. The van der Waals surface area contributed by atoms with Gasteiger partial charge in [0.2, 0.25) is 0 Å². The maximum absolute atomic E-state index is 12.6.